The van der Waals surface area contributed by atoms with Crippen LogP contribution in [0.2, 0.25) is 0 Å². The van der Waals surface area contributed by atoms with E-state index in [4.69, 9.17) is 9.47 Å². The molecule has 1 aromatic rings. The van der Waals surface area contributed by atoms with Crippen molar-refractivity contribution in [3.63, 3.8) is 0 Å². The number of ether oxygens (including phenoxy) is 2. The lowest BCUT2D eigenvalue weighted by atomic mass is 9.49. The van der Waals surface area contributed by atoms with E-state index in [0.29, 0.717) is 41.6 Å². The Morgan fingerprint density at radius 2 is 1.91 bits per heavy atom. The molecule has 4 unspecified atom stereocenters. The second-order valence-electron chi connectivity index (χ2n) is 10.6. The van der Waals surface area contributed by atoms with Crippen LogP contribution >= 0.6 is 0 Å². The molecular formula is C29H36O4. The van der Waals surface area contributed by atoms with Gasteiger partial charge < -0.3 is 9.47 Å². The fourth-order valence-corrected chi connectivity index (χ4v) is 8.16. The van der Waals surface area contributed by atoms with Gasteiger partial charge in [-0.1, -0.05) is 37.3 Å². The lowest BCUT2D eigenvalue weighted by Gasteiger charge is -2.57. The van der Waals surface area contributed by atoms with Gasteiger partial charge in [0.1, 0.15) is 11.4 Å². The van der Waals surface area contributed by atoms with Crippen LogP contribution in [-0.2, 0) is 14.3 Å². The van der Waals surface area contributed by atoms with Crippen LogP contribution in [0.4, 0.5) is 0 Å². The second-order valence-corrected chi connectivity index (χ2v) is 10.6. The van der Waals surface area contributed by atoms with Crippen molar-refractivity contribution in [3.05, 3.63) is 54.6 Å². The van der Waals surface area contributed by atoms with Crippen LogP contribution in [-0.4, -0.2) is 24.0 Å². The highest BCUT2D eigenvalue weighted by Gasteiger charge is 2.65. The Kier molecular flexibility index (Phi) is 5.96. The normalized spacial score (nSPS) is 37.2. The zero-order valence-corrected chi connectivity index (χ0v) is 19.8. The Bertz CT molecular complexity index is 950. The maximum absolute atomic E-state index is 12.9. The summed E-state index contributed by atoms with van der Waals surface area (Å²) in [6, 6.07) is 9.41. The largest absolute Gasteiger partial charge is 0.482 e. The summed E-state index contributed by atoms with van der Waals surface area (Å²) in [6.45, 7) is 6.36. The van der Waals surface area contributed by atoms with Gasteiger partial charge in [0.25, 0.3) is 0 Å². The van der Waals surface area contributed by atoms with Crippen molar-refractivity contribution in [2.45, 2.75) is 70.3 Å². The minimum Gasteiger partial charge on any atom is -0.482 e. The van der Waals surface area contributed by atoms with Gasteiger partial charge in [0.2, 0.25) is 0 Å². The molecule has 0 heterocycles. The van der Waals surface area contributed by atoms with Gasteiger partial charge in [-0.15, -0.1) is 0 Å². The molecule has 0 aromatic heterocycles. The molecule has 0 bridgehead atoms. The maximum atomic E-state index is 12.9. The average Bonchev–Trinajstić information content (AvgIpc) is 3.17. The minimum atomic E-state index is -0.618. The molecule has 4 aliphatic carbocycles. The van der Waals surface area contributed by atoms with E-state index < -0.39 is 5.60 Å². The number of rotatable bonds is 6. The summed E-state index contributed by atoms with van der Waals surface area (Å²) in [5, 5.41) is 0. The summed E-state index contributed by atoms with van der Waals surface area (Å²) >= 11 is 0. The van der Waals surface area contributed by atoms with Gasteiger partial charge >= 0.3 is 5.97 Å². The van der Waals surface area contributed by atoms with Crippen molar-refractivity contribution in [1.29, 1.82) is 0 Å². The Balaban J connectivity index is 1.35. The number of fused-ring (bicyclic) bond motifs is 5. The van der Waals surface area contributed by atoms with Gasteiger partial charge in [-0.05, 0) is 99.3 Å². The molecule has 0 amide bonds. The number of esters is 1. The van der Waals surface area contributed by atoms with Crippen LogP contribution in [0.25, 0.3) is 0 Å². The van der Waals surface area contributed by atoms with Crippen molar-refractivity contribution in [3.8, 4) is 5.75 Å². The van der Waals surface area contributed by atoms with Crippen molar-refractivity contribution in [2.24, 2.45) is 29.1 Å². The average molecular weight is 449 g/mol. The molecule has 176 valence electrons. The molecule has 0 spiro atoms. The maximum Gasteiger partial charge on any atom is 0.345 e. The van der Waals surface area contributed by atoms with Gasteiger partial charge in [-0.2, -0.15) is 0 Å². The third-order valence-corrected chi connectivity index (χ3v) is 9.53. The number of hydrogen-bond donors (Lipinski definition) is 0. The first-order valence-corrected chi connectivity index (χ1v) is 12.8. The number of hydrogen-bond acceptors (Lipinski definition) is 4. The lowest BCUT2D eigenvalue weighted by Crippen LogP contribution is -2.55. The second kappa shape index (κ2) is 8.77. The van der Waals surface area contributed by atoms with Crippen LogP contribution in [0.3, 0.4) is 0 Å². The molecule has 4 aliphatic rings. The molecule has 0 aliphatic heterocycles. The summed E-state index contributed by atoms with van der Waals surface area (Å²) in [5.74, 6) is 3.12. The predicted octanol–water partition coefficient (Wildman–Crippen LogP) is 6.07. The zero-order chi connectivity index (χ0) is 23.1. The predicted molar refractivity (Wildman–Crippen MR) is 128 cm³/mol. The fraction of sp³-hybridized carbons (Fsp3) is 0.586. The standard InChI is InChI=1S/C29H36O4/c1-3-28-16-14-24-23-13-11-21(30)18-20(23)10-12-25(24)26(28)15-17-29(28,4-2)33-27(31)19-32-22-8-6-5-7-9-22/h4-9,18,23-26H,2-3,10-17,19H2,1H3/t23?,24?,25?,26?,28-,29-/m0/s1. The molecule has 33 heavy (non-hydrogen) atoms. The van der Waals surface area contributed by atoms with Crippen molar-refractivity contribution >= 4 is 11.8 Å². The van der Waals surface area contributed by atoms with E-state index in [-0.39, 0.29) is 18.0 Å². The van der Waals surface area contributed by atoms with Gasteiger partial charge in [-0.25, -0.2) is 4.79 Å². The van der Waals surface area contributed by atoms with Crippen LogP contribution in [0.1, 0.15) is 64.7 Å². The number of carbonyl (C=O) groups excluding carboxylic acids is 2. The van der Waals surface area contributed by atoms with Crippen molar-refractivity contribution in [1.82, 2.24) is 0 Å². The zero-order valence-electron chi connectivity index (χ0n) is 19.8. The summed E-state index contributed by atoms with van der Waals surface area (Å²) in [4.78, 5) is 24.9. The molecule has 4 nitrogen and oxygen atoms in total. The van der Waals surface area contributed by atoms with Crippen LogP contribution in [0, 0.1) is 29.1 Å². The van der Waals surface area contributed by atoms with E-state index in [1.54, 1.807) is 0 Å². The smallest absolute Gasteiger partial charge is 0.345 e. The number of para-hydroxylation sites is 1. The third-order valence-electron chi connectivity index (χ3n) is 9.53. The first-order valence-electron chi connectivity index (χ1n) is 12.8. The van der Waals surface area contributed by atoms with Crippen LogP contribution in [0.5, 0.6) is 5.75 Å². The Labute approximate surface area is 197 Å². The minimum absolute atomic E-state index is 0.0516. The Morgan fingerprint density at radius 1 is 1.09 bits per heavy atom. The molecule has 0 N–H and O–H groups in total. The van der Waals surface area contributed by atoms with Gasteiger partial charge in [0.15, 0.2) is 12.4 Å². The first kappa shape index (κ1) is 22.4. The quantitative estimate of drug-likeness (QED) is 0.392. The summed E-state index contributed by atoms with van der Waals surface area (Å²) in [5.41, 5.74) is 0.742. The molecular weight excluding hydrogens is 412 g/mol. The van der Waals surface area contributed by atoms with E-state index in [1.807, 2.05) is 42.5 Å². The fourth-order valence-electron chi connectivity index (χ4n) is 8.16. The monoisotopic (exact) mass is 448 g/mol. The van der Waals surface area contributed by atoms with Crippen LogP contribution in [0.15, 0.2) is 54.6 Å². The molecule has 4 heteroatoms. The number of carbonyl (C=O) groups is 2. The van der Waals surface area contributed by atoms with Gasteiger partial charge in [0.05, 0.1) is 0 Å². The molecule has 3 fully saturated rings. The highest BCUT2D eigenvalue weighted by atomic mass is 16.6. The molecule has 0 radical (unpaired) electrons. The van der Waals surface area contributed by atoms with Crippen molar-refractivity contribution < 1.29 is 19.1 Å². The van der Waals surface area contributed by atoms with E-state index in [9.17, 15) is 9.59 Å². The topological polar surface area (TPSA) is 52.6 Å². The molecule has 5 rings (SSSR count). The molecule has 0 saturated heterocycles. The summed E-state index contributed by atoms with van der Waals surface area (Å²) in [7, 11) is 0. The summed E-state index contributed by atoms with van der Waals surface area (Å²) < 4.78 is 12.0. The van der Waals surface area contributed by atoms with E-state index in [2.05, 4.69) is 13.5 Å². The Hall–Kier alpha value is -2.36. The number of ketones is 1. The number of benzene rings is 1. The number of allylic oxidation sites excluding steroid dienone is 1. The van der Waals surface area contributed by atoms with E-state index >= 15 is 0 Å². The summed E-state index contributed by atoms with van der Waals surface area (Å²) in [6.07, 6.45) is 13.0. The highest BCUT2D eigenvalue weighted by molar-refractivity contribution is 5.91. The molecule has 6 atom stereocenters. The highest BCUT2D eigenvalue weighted by Crippen LogP contribution is 2.67. The lowest BCUT2D eigenvalue weighted by molar-refractivity contribution is -0.177. The first-order chi connectivity index (χ1) is 16.0. The van der Waals surface area contributed by atoms with E-state index in [1.165, 1.54) is 5.57 Å². The van der Waals surface area contributed by atoms with Gasteiger partial charge in [0, 0.05) is 11.8 Å². The third kappa shape index (κ3) is 3.66. The Morgan fingerprint density at radius 3 is 2.67 bits per heavy atom. The van der Waals surface area contributed by atoms with Gasteiger partial charge in [-0.3, -0.25) is 4.79 Å². The van der Waals surface area contributed by atoms with Crippen LogP contribution < -0.4 is 4.74 Å². The van der Waals surface area contributed by atoms with E-state index in [0.717, 1.165) is 51.4 Å². The SMILES string of the molecule is C=C[C@]1(OC(=O)COc2ccccc2)CCC2C3CCC4=CC(=O)CCC4C3CC[C@@]21CC. The molecule has 3 saturated carbocycles. The molecule has 1 aromatic carbocycles. The van der Waals surface area contributed by atoms with Crippen molar-refractivity contribution in [2.75, 3.05) is 6.61 Å².